The molecule has 2 unspecified atom stereocenters. The fraction of sp³-hybridized carbons (Fsp3) is 0.263. The standard InChI is InChI=1S/C19H21N3O3/c1-13(23)10-15(14-6-3-2-4-7-14)12-20-19(24)17-11-16(21-22-17)18-8-5-9-25-18/h2-9,11,13,15,23H,10,12H2,1H3,(H,20,24)(H,21,22). The Morgan fingerprint density at radius 1 is 1.28 bits per heavy atom. The lowest BCUT2D eigenvalue weighted by atomic mass is 9.93. The van der Waals surface area contributed by atoms with Gasteiger partial charge in [0.2, 0.25) is 0 Å². The number of aliphatic hydroxyl groups is 1. The number of hydrogen-bond donors (Lipinski definition) is 3. The largest absolute Gasteiger partial charge is 0.463 e. The monoisotopic (exact) mass is 339 g/mol. The fourth-order valence-corrected chi connectivity index (χ4v) is 2.78. The predicted octanol–water partition coefficient (Wildman–Crippen LogP) is 2.95. The highest BCUT2D eigenvalue weighted by molar-refractivity contribution is 5.93. The highest BCUT2D eigenvalue weighted by Crippen LogP contribution is 2.21. The molecule has 2 aromatic heterocycles. The van der Waals surface area contributed by atoms with Gasteiger partial charge in [0.05, 0.1) is 12.4 Å². The Bertz CT molecular complexity index is 794. The molecule has 0 spiro atoms. The van der Waals surface area contributed by atoms with Crippen LogP contribution in [0.25, 0.3) is 11.5 Å². The van der Waals surface area contributed by atoms with Crippen molar-refractivity contribution in [3.05, 3.63) is 66.1 Å². The highest BCUT2D eigenvalue weighted by Gasteiger charge is 2.17. The summed E-state index contributed by atoms with van der Waals surface area (Å²) >= 11 is 0. The van der Waals surface area contributed by atoms with Crippen LogP contribution in [-0.4, -0.2) is 33.9 Å². The minimum absolute atomic E-state index is 0.0358. The van der Waals surface area contributed by atoms with Crippen LogP contribution in [-0.2, 0) is 0 Å². The minimum atomic E-state index is -0.446. The summed E-state index contributed by atoms with van der Waals surface area (Å²) in [5.41, 5.74) is 2.04. The summed E-state index contributed by atoms with van der Waals surface area (Å²) < 4.78 is 5.28. The Hall–Kier alpha value is -2.86. The summed E-state index contributed by atoms with van der Waals surface area (Å²) in [6.45, 7) is 2.18. The van der Waals surface area contributed by atoms with Gasteiger partial charge in [-0.15, -0.1) is 0 Å². The van der Waals surface area contributed by atoms with Crippen molar-refractivity contribution in [3.63, 3.8) is 0 Å². The van der Waals surface area contributed by atoms with Crippen LogP contribution in [0.15, 0.2) is 59.2 Å². The molecule has 0 radical (unpaired) electrons. The maximum Gasteiger partial charge on any atom is 0.271 e. The number of nitrogens with one attached hydrogen (secondary N) is 2. The van der Waals surface area contributed by atoms with Crippen LogP contribution >= 0.6 is 0 Å². The van der Waals surface area contributed by atoms with Crippen molar-refractivity contribution in [2.45, 2.75) is 25.4 Å². The molecule has 3 N–H and O–H groups in total. The number of nitrogens with zero attached hydrogens (tertiary/aromatic N) is 1. The van der Waals surface area contributed by atoms with E-state index in [4.69, 9.17) is 4.42 Å². The van der Waals surface area contributed by atoms with Gasteiger partial charge in [-0.25, -0.2) is 0 Å². The molecule has 6 nitrogen and oxygen atoms in total. The van der Waals surface area contributed by atoms with E-state index in [0.29, 0.717) is 30.1 Å². The maximum absolute atomic E-state index is 12.4. The third-order valence-electron chi connectivity index (χ3n) is 4.00. The van der Waals surface area contributed by atoms with Gasteiger partial charge in [-0.05, 0) is 31.0 Å². The van der Waals surface area contributed by atoms with Crippen LogP contribution in [0.5, 0.6) is 0 Å². The number of carbonyl (C=O) groups excluding carboxylic acids is 1. The summed E-state index contributed by atoms with van der Waals surface area (Å²) in [6, 6.07) is 15.1. The van der Waals surface area contributed by atoms with Crippen molar-refractivity contribution in [2.75, 3.05) is 6.54 Å². The normalized spacial score (nSPS) is 13.4. The van der Waals surface area contributed by atoms with Gasteiger partial charge in [-0.1, -0.05) is 30.3 Å². The third kappa shape index (κ3) is 4.36. The van der Waals surface area contributed by atoms with Gasteiger partial charge in [-0.3, -0.25) is 9.89 Å². The quantitative estimate of drug-likeness (QED) is 0.617. The predicted molar refractivity (Wildman–Crippen MR) is 94.1 cm³/mol. The molecule has 0 saturated carbocycles. The number of rotatable bonds is 7. The van der Waals surface area contributed by atoms with Gasteiger partial charge in [0.15, 0.2) is 11.5 Å². The fourth-order valence-electron chi connectivity index (χ4n) is 2.78. The van der Waals surface area contributed by atoms with Gasteiger partial charge >= 0.3 is 0 Å². The van der Waals surface area contributed by atoms with Crippen molar-refractivity contribution in [1.82, 2.24) is 15.5 Å². The second-order valence-electron chi connectivity index (χ2n) is 6.05. The molecule has 2 atom stereocenters. The van der Waals surface area contributed by atoms with E-state index in [0.717, 1.165) is 5.56 Å². The van der Waals surface area contributed by atoms with Crippen molar-refractivity contribution in [2.24, 2.45) is 0 Å². The van der Waals surface area contributed by atoms with Crippen molar-refractivity contribution in [3.8, 4) is 11.5 Å². The number of amides is 1. The first-order valence-corrected chi connectivity index (χ1v) is 8.24. The van der Waals surface area contributed by atoms with Gasteiger partial charge in [0.25, 0.3) is 5.91 Å². The molecule has 0 aliphatic rings. The number of H-pyrrole nitrogens is 1. The second-order valence-corrected chi connectivity index (χ2v) is 6.05. The number of furan rings is 1. The van der Waals surface area contributed by atoms with E-state index >= 15 is 0 Å². The average Bonchev–Trinajstić information content (AvgIpc) is 3.29. The molecular weight excluding hydrogens is 318 g/mol. The minimum Gasteiger partial charge on any atom is -0.463 e. The van der Waals surface area contributed by atoms with E-state index in [-0.39, 0.29) is 11.8 Å². The van der Waals surface area contributed by atoms with E-state index in [1.54, 1.807) is 31.4 Å². The molecule has 130 valence electrons. The van der Waals surface area contributed by atoms with Crippen molar-refractivity contribution >= 4 is 5.91 Å². The smallest absolute Gasteiger partial charge is 0.271 e. The number of aliphatic hydroxyl groups excluding tert-OH is 1. The Morgan fingerprint density at radius 3 is 2.76 bits per heavy atom. The van der Waals surface area contributed by atoms with E-state index < -0.39 is 6.10 Å². The zero-order valence-corrected chi connectivity index (χ0v) is 14.0. The van der Waals surface area contributed by atoms with E-state index in [2.05, 4.69) is 15.5 Å². The van der Waals surface area contributed by atoms with Crippen LogP contribution in [0.3, 0.4) is 0 Å². The lowest BCUT2D eigenvalue weighted by Gasteiger charge is -2.19. The zero-order valence-electron chi connectivity index (χ0n) is 14.0. The Labute approximate surface area is 145 Å². The third-order valence-corrected chi connectivity index (χ3v) is 4.00. The number of aromatic nitrogens is 2. The molecule has 0 aliphatic carbocycles. The van der Waals surface area contributed by atoms with E-state index in [9.17, 15) is 9.90 Å². The van der Waals surface area contributed by atoms with Crippen LogP contribution in [0.4, 0.5) is 0 Å². The summed E-state index contributed by atoms with van der Waals surface area (Å²) in [4.78, 5) is 12.4. The number of aromatic amines is 1. The first kappa shape index (κ1) is 17.0. The molecule has 0 fully saturated rings. The molecule has 6 heteroatoms. The lowest BCUT2D eigenvalue weighted by molar-refractivity contribution is 0.0940. The Balaban J connectivity index is 1.65. The van der Waals surface area contributed by atoms with Crippen molar-refractivity contribution in [1.29, 1.82) is 0 Å². The number of benzene rings is 1. The van der Waals surface area contributed by atoms with E-state index in [1.165, 1.54) is 0 Å². The molecule has 1 aromatic carbocycles. The SMILES string of the molecule is CC(O)CC(CNC(=O)c1cc(-c2ccco2)[nH]n1)c1ccccc1. The average molecular weight is 339 g/mol. The molecule has 2 heterocycles. The maximum atomic E-state index is 12.4. The summed E-state index contributed by atoms with van der Waals surface area (Å²) in [5.74, 6) is 0.400. The van der Waals surface area contributed by atoms with Crippen LogP contribution < -0.4 is 5.32 Å². The van der Waals surface area contributed by atoms with Gasteiger partial charge in [-0.2, -0.15) is 5.10 Å². The first-order chi connectivity index (χ1) is 12.1. The molecular formula is C19H21N3O3. The van der Waals surface area contributed by atoms with Crippen LogP contribution in [0.1, 0.15) is 35.3 Å². The van der Waals surface area contributed by atoms with Gasteiger partial charge in [0, 0.05) is 18.5 Å². The molecule has 25 heavy (non-hydrogen) atoms. The topological polar surface area (TPSA) is 91.1 Å². The number of carbonyl (C=O) groups is 1. The van der Waals surface area contributed by atoms with Crippen molar-refractivity contribution < 1.29 is 14.3 Å². The summed E-state index contributed by atoms with van der Waals surface area (Å²) in [5, 5.41) is 19.5. The Morgan fingerprint density at radius 2 is 2.08 bits per heavy atom. The molecule has 0 bridgehead atoms. The molecule has 3 aromatic rings. The van der Waals surface area contributed by atoms with Gasteiger partial charge < -0.3 is 14.8 Å². The van der Waals surface area contributed by atoms with Crippen LogP contribution in [0, 0.1) is 0 Å². The van der Waals surface area contributed by atoms with E-state index in [1.807, 2.05) is 30.3 Å². The highest BCUT2D eigenvalue weighted by atomic mass is 16.3. The Kier molecular flexibility index (Phi) is 5.30. The summed E-state index contributed by atoms with van der Waals surface area (Å²) in [7, 11) is 0. The molecule has 0 aliphatic heterocycles. The number of hydrogen-bond acceptors (Lipinski definition) is 4. The molecule has 0 saturated heterocycles. The first-order valence-electron chi connectivity index (χ1n) is 8.24. The van der Waals surface area contributed by atoms with Gasteiger partial charge in [0.1, 0.15) is 5.69 Å². The second kappa shape index (κ2) is 7.81. The lowest BCUT2D eigenvalue weighted by Crippen LogP contribution is -2.30. The summed E-state index contributed by atoms with van der Waals surface area (Å²) in [6.07, 6.45) is 1.69. The van der Waals surface area contributed by atoms with Crippen LogP contribution in [0.2, 0.25) is 0 Å². The molecule has 3 rings (SSSR count). The zero-order chi connectivity index (χ0) is 17.6. The molecule has 1 amide bonds.